The average molecular weight is 477 g/mol. The number of halogens is 1. The first-order chi connectivity index (χ1) is 16.5. The van der Waals surface area contributed by atoms with Crippen LogP contribution in [0.3, 0.4) is 0 Å². The zero-order valence-corrected chi connectivity index (χ0v) is 20.4. The first-order valence-electron chi connectivity index (χ1n) is 12.7. The van der Waals surface area contributed by atoms with E-state index in [-0.39, 0.29) is 29.0 Å². The molecule has 3 aliphatic carbocycles. The molecule has 0 heterocycles. The topological polar surface area (TPSA) is 58.2 Å². The van der Waals surface area contributed by atoms with E-state index in [2.05, 4.69) is 41.0 Å². The Balaban J connectivity index is 1.20. The van der Waals surface area contributed by atoms with E-state index in [0.29, 0.717) is 0 Å². The smallest absolute Gasteiger partial charge is 0.227 e. The highest BCUT2D eigenvalue weighted by Crippen LogP contribution is 2.34. The Kier molecular flexibility index (Phi) is 7.05. The second-order valence-corrected chi connectivity index (χ2v) is 10.7. The number of carbonyl (C=O) groups is 2. The minimum atomic E-state index is 0.0644. The Hall–Kier alpha value is -2.59. The number of hydrogen-bond donors (Lipinski definition) is 2. The molecule has 0 spiro atoms. The molecule has 2 fully saturated rings. The van der Waals surface area contributed by atoms with Crippen molar-refractivity contribution in [1.82, 2.24) is 0 Å². The van der Waals surface area contributed by atoms with Gasteiger partial charge in [-0.25, -0.2) is 0 Å². The van der Waals surface area contributed by atoms with Crippen LogP contribution in [0.25, 0.3) is 11.6 Å². The molecule has 2 aromatic carbocycles. The van der Waals surface area contributed by atoms with Gasteiger partial charge in [-0.3, -0.25) is 9.59 Å². The second kappa shape index (κ2) is 10.4. The summed E-state index contributed by atoms with van der Waals surface area (Å²) in [7, 11) is 0. The summed E-state index contributed by atoms with van der Waals surface area (Å²) in [5.74, 6) is 0.485. The average Bonchev–Trinajstić information content (AvgIpc) is 3.29. The van der Waals surface area contributed by atoms with Crippen molar-refractivity contribution >= 4 is 46.4 Å². The quantitative estimate of drug-likeness (QED) is 0.454. The lowest BCUT2D eigenvalue weighted by atomic mass is 9.88. The van der Waals surface area contributed by atoms with Crippen LogP contribution in [-0.4, -0.2) is 17.2 Å². The lowest BCUT2D eigenvalue weighted by Gasteiger charge is -2.24. The molecule has 2 saturated carbocycles. The fraction of sp³-hybridized carbons (Fsp3) is 0.448. The van der Waals surface area contributed by atoms with Crippen molar-refractivity contribution in [2.24, 2.45) is 11.8 Å². The van der Waals surface area contributed by atoms with E-state index in [4.69, 9.17) is 11.6 Å². The molecule has 0 aromatic heterocycles. The van der Waals surface area contributed by atoms with Crippen LogP contribution in [-0.2, 0) is 16.0 Å². The van der Waals surface area contributed by atoms with Gasteiger partial charge in [0.15, 0.2) is 0 Å². The summed E-state index contributed by atoms with van der Waals surface area (Å²) in [6.45, 7) is 0. The van der Waals surface area contributed by atoms with Crippen LogP contribution in [0.1, 0.15) is 74.5 Å². The number of anilines is 2. The van der Waals surface area contributed by atoms with E-state index >= 15 is 0 Å². The Morgan fingerprint density at radius 3 is 2.06 bits per heavy atom. The maximum atomic E-state index is 12.6. The molecule has 0 bridgehead atoms. The molecule has 0 aliphatic heterocycles. The number of rotatable bonds is 5. The second-order valence-electron chi connectivity index (χ2n) is 10.1. The number of nitrogens with one attached hydrogen (secondary N) is 2. The molecule has 4 nitrogen and oxygen atoms in total. The summed E-state index contributed by atoms with van der Waals surface area (Å²) in [4.78, 5) is 25.2. The van der Waals surface area contributed by atoms with Gasteiger partial charge >= 0.3 is 0 Å². The van der Waals surface area contributed by atoms with Crippen molar-refractivity contribution in [3.63, 3.8) is 0 Å². The number of allylic oxidation sites excluding steroid dienone is 1. The van der Waals surface area contributed by atoms with Crippen LogP contribution >= 0.6 is 11.6 Å². The third-order valence-corrected chi connectivity index (χ3v) is 8.09. The summed E-state index contributed by atoms with van der Waals surface area (Å²) in [5, 5.41) is 6.43. The number of benzene rings is 2. The highest BCUT2D eigenvalue weighted by Gasteiger charge is 2.25. The lowest BCUT2D eigenvalue weighted by Crippen LogP contribution is -2.27. The number of fused-ring (bicyclic) bond motifs is 1. The Morgan fingerprint density at radius 1 is 0.735 bits per heavy atom. The molecule has 34 heavy (non-hydrogen) atoms. The van der Waals surface area contributed by atoms with Gasteiger partial charge in [-0.05, 0) is 91.5 Å². The molecular weight excluding hydrogens is 444 g/mol. The highest BCUT2D eigenvalue weighted by molar-refractivity contribution is 6.20. The molecule has 2 amide bonds. The van der Waals surface area contributed by atoms with Gasteiger partial charge in [0.05, 0.1) is 0 Å². The molecule has 5 rings (SSSR count). The molecule has 5 heteroatoms. The maximum absolute atomic E-state index is 12.6. The first-order valence-corrected chi connectivity index (χ1v) is 13.2. The van der Waals surface area contributed by atoms with E-state index in [1.165, 1.54) is 23.1 Å². The minimum absolute atomic E-state index is 0.0644. The van der Waals surface area contributed by atoms with E-state index in [0.717, 1.165) is 74.7 Å². The number of hydrogen-bond acceptors (Lipinski definition) is 2. The molecule has 2 N–H and O–H groups in total. The summed E-state index contributed by atoms with van der Waals surface area (Å²) >= 11 is 6.17. The molecular formula is C29H33ClN2O2. The third-order valence-electron chi connectivity index (χ3n) is 7.65. The number of alkyl halides is 1. The molecule has 3 aliphatic rings. The van der Waals surface area contributed by atoms with Crippen molar-refractivity contribution < 1.29 is 9.59 Å². The first kappa shape index (κ1) is 23.2. The van der Waals surface area contributed by atoms with E-state index in [1.807, 2.05) is 18.2 Å². The molecule has 178 valence electrons. The van der Waals surface area contributed by atoms with E-state index in [9.17, 15) is 9.59 Å². The van der Waals surface area contributed by atoms with Crippen LogP contribution in [0.2, 0.25) is 0 Å². The maximum Gasteiger partial charge on any atom is 0.227 e. The van der Waals surface area contributed by atoms with Crippen LogP contribution < -0.4 is 10.6 Å². The summed E-state index contributed by atoms with van der Waals surface area (Å²) < 4.78 is 0. The predicted octanol–water partition coefficient (Wildman–Crippen LogP) is 7.04. The van der Waals surface area contributed by atoms with Gasteiger partial charge in [0.25, 0.3) is 0 Å². The summed E-state index contributed by atoms with van der Waals surface area (Å²) in [5.41, 5.74) is 6.58. The van der Waals surface area contributed by atoms with Crippen LogP contribution in [0.15, 0.2) is 42.5 Å². The molecule has 2 aromatic rings. The van der Waals surface area contributed by atoms with Gasteiger partial charge in [0.1, 0.15) is 0 Å². The Labute approximate surface area is 207 Å². The predicted molar refractivity (Wildman–Crippen MR) is 140 cm³/mol. The normalized spacial score (nSPS) is 22.6. The molecule has 0 atom stereocenters. The van der Waals surface area contributed by atoms with Crippen LogP contribution in [0.4, 0.5) is 11.4 Å². The standard InChI is InChI=1S/C29H33ClN2O2/c30-25-11-6-21(7-12-25)29(34)31-26-13-8-19(9-14-26)23-16-22-10-15-27(18-24(22)17-23)32-28(33)20-4-2-1-3-5-20/h8-10,13-15,17-18,20-21,25H,1-7,11-12,16H2,(H,31,34)(H,32,33). The van der Waals surface area contributed by atoms with Crippen molar-refractivity contribution in [3.8, 4) is 0 Å². The number of carbonyl (C=O) groups excluding carboxylic acids is 2. The zero-order valence-electron chi connectivity index (χ0n) is 19.6. The fourth-order valence-corrected chi connectivity index (χ4v) is 5.79. The van der Waals surface area contributed by atoms with Gasteiger partial charge in [-0.15, -0.1) is 11.6 Å². The number of amides is 2. The van der Waals surface area contributed by atoms with Crippen molar-refractivity contribution in [2.75, 3.05) is 10.6 Å². The zero-order chi connectivity index (χ0) is 23.5. The summed E-state index contributed by atoms with van der Waals surface area (Å²) in [6, 6.07) is 14.4. The van der Waals surface area contributed by atoms with E-state index in [1.54, 1.807) is 0 Å². The van der Waals surface area contributed by atoms with Gasteiger partial charge in [-0.2, -0.15) is 0 Å². The Bertz CT molecular complexity index is 1080. The third kappa shape index (κ3) is 5.38. The van der Waals surface area contributed by atoms with Crippen LogP contribution in [0, 0.1) is 11.8 Å². The van der Waals surface area contributed by atoms with Gasteiger partial charge < -0.3 is 10.6 Å². The highest BCUT2D eigenvalue weighted by atomic mass is 35.5. The molecule has 0 unspecified atom stereocenters. The van der Waals surface area contributed by atoms with Gasteiger partial charge in [-0.1, -0.05) is 43.5 Å². The summed E-state index contributed by atoms with van der Waals surface area (Å²) in [6.07, 6.45) is 12.2. The van der Waals surface area contributed by atoms with E-state index < -0.39 is 0 Å². The Morgan fingerprint density at radius 2 is 1.35 bits per heavy atom. The largest absolute Gasteiger partial charge is 0.326 e. The van der Waals surface area contributed by atoms with Crippen LogP contribution in [0.5, 0.6) is 0 Å². The molecule has 0 radical (unpaired) electrons. The fourth-order valence-electron chi connectivity index (χ4n) is 5.53. The molecule has 0 saturated heterocycles. The minimum Gasteiger partial charge on any atom is -0.326 e. The lowest BCUT2D eigenvalue weighted by molar-refractivity contribution is -0.121. The van der Waals surface area contributed by atoms with Crippen molar-refractivity contribution in [1.29, 1.82) is 0 Å². The van der Waals surface area contributed by atoms with Crippen molar-refractivity contribution in [3.05, 3.63) is 59.2 Å². The van der Waals surface area contributed by atoms with Gasteiger partial charge in [0, 0.05) is 28.6 Å². The monoisotopic (exact) mass is 476 g/mol. The van der Waals surface area contributed by atoms with Crippen molar-refractivity contribution in [2.45, 2.75) is 69.6 Å². The van der Waals surface area contributed by atoms with Gasteiger partial charge in [0.2, 0.25) is 11.8 Å². The SMILES string of the molecule is O=C(Nc1ccc2c(c1)C=C(c1ccc(NC(=O)C3CCC(Cl)CC3)cc1)C2)C1CCCCC1.